The largest absolute Gasteiger partial charge is 0.464 e. The van der Waals surface area contributed by atoms with Crippen LogP contribution in [-0.2, 0) is 14.3 Å². The number of rotatable bonds is 3. The highest BCUT2D eigenvalue weighted by Gasteiger charge is 2.44. The van der Waals surface area contributed by atoms with Crippen LogP contribution in [0.3, 0.4) is 0 Å². The van der Waals surface area contributed by atoms with Crippen LogP contribution >= 0.6 is 0 Å². The normalized spacial score (nSPS) is 29.6. The third kappa shape index (κ3) is 2.42. The molecule has 1 aliphatic rings. The molecule has 0 amide bonds. The number of alkyl halides is 1. The van der Waals surface area contributed by atoms with E-state index in [1.165, 1.54) is 0 Å². The van der Waals surface area contributed by atoms with Crippen molar-refractivity contribution in [2.24, 2.45) is 0 Å². The lowest BCUT2D eigenvalue weighted by Crippen LogP contribution is -2.51. The lowest BCUT2D eigenvalue weighted by Gasteiger charge is -2.33. The first kappa shape index (κ1) is 11.4. The maximum Gasteiger partial charge on any atom is 0.343 e. The van der Waals surface area contributed by atoms with E-state index in [1.54, 1.807) is 6.92 Å². The van der Waals surface area contributed by atoms with E-state index < -0.39 is 17.7 Å². The van der Waals surface area contributed by atoms with E-state index in [0.717, 1.165) is 0 Å². The van der Waals surface area contributed by atoms with Crippen molar-refractivity contribution in [2.45, 2.75) is 31.5 Å². The van der Waals surface area contributed by atoms with Crippen molar-refractivity contribution in [3.05, 3.63) is 0 Å². The van der Waals surface area contributed by atoms with Gasteiger partial charge in [-0.1, -0.05) is 0 Å². The van der Waals surface area contributed by atoms with Gasteiger partial charge in [0, 0.05) is 6.61 Å². The molecule has 0 aromatic heterocycles. The second-order valence-corrected chi connectivity index (χ2v) is 3.37. The fraction of sp³-hybridized carbons (Fsp3) is 0.889. The summed E-state index contributed by atoms with van der Waals surface area (Å²) in [5.41, 5.74) is -1.70. The zero-order valence-electron chi connectivity index (χ0n) is 8.16. The molecule has 0 spiro atoms. The van der Waals surface area contributed by atoms with Gasteiger partial charge in [-0.2, -0.15) is 0 Å². The van der Waals surface area contributed by atoms with Gasteiger partial charge in [0.1, 0.15) is 5.60 Å². The minimum absolute atomic E-state index is 0.107. The molecule has 0 aromatic carbocycles. The average Bonchev–Trinajstić information content (AvgIpc) is 2.18. The molecular formula is C9H15FO4. The number of esters is 1. The monoisotopic (exact) mass is 206 g/mol. The molecule has 1 fully saturated rings. The molecule has 14 heavy (non-hydrogen) atoms. The minimum Gasteiger partial charge on any atom is -0.464 e. The van der Waals surface area contributed by atoms with E-state index in [0.29, 0.717) is 13.0 Å². The first-order valence-corrected chi connectivity index (χ1v) is 4.71. The molecule has 2 atom stereocenters. The predicted octanol–water partition coefficient (Wildman–Crippen LogP) is 0.429. The molecule has 1 aliphatic heterocycles. The number of halogens is 1. The van der Waals surface area contributed by atoms with Gasteiger partial charge < -0.3 is 14.6 Å². The Morgan fingerprint density at radius 2 is 2.50 bits per heavy atom. The third-order valence-electron chi connectivity index (χ3n) is 2.22. The van der Waals surface area contributed by atoms with Gasteiger partial charge in [-0.05, 0) is 19.8 Å². The summed E-state index contributed by atoms with van der Waals surface area (Å²) in [5, 5.41) is 9.74. The van der Waals surface area contributed by atoms with Gasteiger partial charge in [-0.3, -0.25) is 0 Å². The highest BCUT2D eigenvalue weighted by Crippen LogP contribution is 2.25. The standard InChI is InChI=1S/C9H15FO4/c1-2-14-8(11)7(10)9(12)4-3-5-13-6-9/h7,12H,2-6H2,1H3. The highest BCUT2D eigenvalue weighted by molar-refractivity contribution is 5.76. The second-order valence-electron chi connectivity index (χ2n) is 3.37. The summed E-state index contributed by atoms with van der Waals surface area (Å²) in [7, 11) is 0. The predicted molar refractivity (Wildman–Crippen MR) is 46.5 cm³/mol. The van der Waals surface area contributed by atoms with Gasteiger partial charge in [-0.25, -0.2) is 9.18 Å². The number of carbonyl (C=O) groups is 1. The van der Waals surface area contributed by atoms with Crippen molar-refractivity contribution in [3.8, 4) is 0 Å². The van der Waals surface area contributed by atoms with Crippen molar-refractivity contribution < 1.29 is 23.8 Å². The van der Waals surface area contributed by atoms with E-state index in [2.05, 4.69) is 4.74 Å². The number of ether oxygens (including phenoxy) is 2. The Kier molecular flexibility index (Phi) is 3.83. The van der Waals surface area contributed by atoms with Crippen LogP contribution in [0.2, 0.25) is 0 Å². The molecule has 1 saturated heterocycles. The average molecular weight is 206 g/mol. The first-order chi connectivity index (χ1) is 6.60. The van der Waals surface area contributed by atoms with Crippen molar-refractivity contribution in [3.63, 3.8) is 0 Å². The molecule has 4 nitrogen and oxygen atoms in total. The Morgan fingerprint density at radius 3 is 3.00 bits per heavy atom. The summed E-state index contributed by atoms with van der Waals surface area (Å²) in [4.78, 5) is 11.0. The Hall–Kier alpha value is -0.680. The summed E-state index contributed by atoms with van der Waals surface area (Å²) in [6.07, 6.45) is -1.23. The van der Waals surface area contributed by atoms with E-state index in [1.807, 2.05) is 0 Å². The zero-order valence-corrected chi connectivity index (χ0v) is 8.16. The molecule has 1 heterocycles. The van der Waals surface area contributed by atoms with Crippen molar-refractivity contribution in [2.75, 3.05) is 19.8 Å². The maximum atomic E-state index is 13.4. The van der Waals surface area contributed by atoms with Gasteiger partial charge in [0.25, 0.3) is 0 Å². The molecule has 0 aliphatic carbocycles. The van der Waals surface area contributed by atoms with E-state index >= 15 is 0 Å². The molecule has 0 radical (unpaired) electrons. The summed E-state index contributed by atoms with van der Waals surface area (Å²) in [5.74, 6) is -1.01. The Balaban J connectivity index is 2.56. The molecule has 2 unspecified atom stereocenters. The van der Waals surface area contributed by atoms with Crippen molar-refractivity contribution in [1.29, 1.82) is 0 Å². The number of hydrogen-bond acceptors (Lipinski definition) is 4. The minimum atomic E-state index is -2.01. The summed E-state index contributed by atoms with van der Waals surface area (Å²) >= 11 is 0. The van der Waals surface area contributed by atoms with Crippen LogP contribution in [-0.4, -0.2) is 42.7 Å². The van der Waals surface area contributed by atoms with E-state index in [9.17, 15) is 14.3 Å². The fourth-order valence-electron chi connectivity index (χ4n) is 1.44. The smallest absolute Gasteiger partial charge is 0.343 e. The molecule has 1 rings (SSSR count). The molecule has 5 heteroatoms. The third-order valence-corrected chi connectivity index (χ3v) is 2.22. The molecule has 0 aromatic rings. The molecule has 0 saturated carbocycles. The molecular weight excluding hydrogens is 191 g/mol. The molecule has 82 valence electrons. The van der Waals surface area contributed by atoms with E-state index in [4.69, 9.17) is 4.74 Å². The Labute approximate surface area is 82.0 Å². The Bertz CT molecular complexity index is 201. The highest BCUT2D eigenvalue weighted by atomic mass is 19.1. The van der Waals surface area contributed by atoms with Crippen LogP contribution in [0.1, 0.15) is 19.8 Å². The number of hydrogen-bond donors (Lipinski definition) is 1. The van der Waals surface area contributed by atoms with Gasteiger partial charge in [-0.15, -0.1) is 0 Å². The lowest BCUT2D eigenvalue weighted by atomic mass is 9.91. The topological polar surface area (TPSA) is 55.8 Å². The second kappa shape index (κ2) is 4.70. The van der Waals surface area contributed by atoms with E-state index in [-0.39, 0.29) is 19.6 Å². The molecule has 0 bridgehead atoms. The molecule has 1 N–H and O–H groups in total. The van der Waals surface area contributed by atoms with Crippen LogP contribution in [0.4, 0.5) is 4.39 Å². The maximum absolute atomic E-state index is 13.4. The van der Waals surface area contributed by atoms with Crippen LogP contribution < -0.4 is 0 Å². The van der Waals surface area contributed by atoms with Gasteiger partial charge in [0.15, 0.2) is 0 Å². The number of aliphatic hydroxyl groups is 1. The zero-order chi connectivity index (χ0) is 10.6. The van der Waals surface area contributed by atoms with Gasteiger partial charge in [0.2, 0.25) is 6.17 Å². The Morgan fingerprint density at radius 1 is 1.79 bits per heavy atom. The van der Waals surface area contributed by atoms with Crippen LogP contribution in [0, 0.1) is 0 Å². The SMILES string of the molecule is CCOC(=O)C(F)C1(O)CCCOC1. The van der Waals surface area contributed by atoms with Crippen LogP contribution in [0.25, 0.3) is 0 Å². The van der Waals surface area contributed by atoms with Crippen LogP contribution in [0.5, 0.6) is 0 Å². The van der Waals surface area contributed by atoms with Crippen molar-refractivity contribution >= 4 is 5.97 Å². The summed E-state index contributed by atoms with van der Waals surface area (Å²) in [6, 6.07) is 0. The van der Waals surface area contributed by atoms with Crippen LogP contribution in [0.15, 0.2) is 0 Å². The quantitative estimate of drug-likeness (QED) is 0.680. The first-order valence-electron chi connectivity index (χ1n) is 4.71. The fourth-order valence-corrected chi connectivity index (χ4v) is 1.44. The lowest BCUT2D eigenvalue weighted by molar-refractivity contribution is -0.173. The van der Waals surface area contributed by atoms with Gasteiger partial charge >= 0.3 is 5.97 Å². The summed E-state index contributed by atoms with van der Waals surface area (Å²) < 4.78 is 22.9. The summed E-state index contributed by atoms with van der Waals surface area (Å²) in [6.45, 7) is 2.05. The number of carbonyl (C=O) groups excluding carboxylic acids is 1. The van der Waals surface area contributed by atoms with Crippen molar-refractivity contribution in [1.82, 2.24) is 0 Å². The van der Waals surface area contributed by atoms with Gasteiger partial charge in [0.05, 0.1) is 13.2 Å².